The summed E-state index contributed by atoms with van der Waals surface area (Å²) in [5, 5.41) is 9.16. The zero-order valence-electron chi connectivity index (χ0n) is 14.6. The van der Waals surface area contributed by atoms with E-state index < -0.39 is 0 Å². The molecule has 128 valence electrons. The molecule has 3 heterocycles. The fraction of sp³-hybridized carbons (Fsp3) is 0.286. The Labute approximate surface area is 151 Å². The monoisotopic (exact) mass is 342 g/mol. The van der Waals surface area contributed by atoms with Gasteiger partial charge < -0.3 is 9.47 Å². The maximum atomic E-state index is 13.3. The summed E-state index contributed by atoms with van der Waals surface area (Å²) >= 11 is 0. The zero-order chi connectivity index (χ0) is 17.8. The van der Waals surface area contributed by atoms with Crippen LogP contribution in [0.1, 0.15) is 34.5 Å². The Bertz CT molecular complexity index is 1100. The summed E-state index contributed by atoms with van der Waals surface area (Å²) in [5.74, 6) is 0.107. The molecule has 5 heteroatoms. The molecule has 1 amide bonds. The molecule has 1 aliphatic heterocycles. The van der Waals surface area contributed by atoms with E-state index in [0.717, 1.165) is 59.3 Å². The van der Waals surface area contributed by atoms with Crippen molar-refractivity contribution in [2.24, 2.45) is 0 Å². The number of carbonyl (C=O) groups excluding carboxylic acids is 1. The molecule has 1 aromatic carbocycles. The maximum Gasteiger partial charge on any atom is 0.271 e. The van der Waals surface area contributed by atoms with Crippen LogP contribution >= 0.6 is 0 Å². The van der Waals surface area contributed by atoms with Crippen molar-refractivity contribution in [3.8, 4) is 17.2 Å². The number of amides is 1. The highest BCUT2D eigenvalue weighted by atomic mass is 16.2. The lowest BCUT2D eigenvalue weighted by molar-refractivity contribution is 0.0694. The number of hydrogen-bond acceptors (Lipinski definition) is 3. The number of nitrogens with zero attached hydrogens (tertiary/aromatic N) is 4. The first kappa shape index (κ1) is 15.2. The number of hydrogen-bond donors (Lipinski definition) is 0. The summed E-state index contributed by atoms with van der Waals surface area (Å²) in [6.45, 7) is 3.55. The third-order valence-corrected chi connectivity index (χ3v) is 5.46. The second-order valence-corrected chi connectivity index (χ2v) is 7.12. The van der Waals surface area contributed by atoms with Crippen LogP contribution < -0.4 is 0 Å². The van der Waals surface area contributed by atoms with Crippen molar-refractivity contribution in [1.29, 1.82) is 5.26 Å². The van der Waals surface area contributed by atoms with Gasteiger partial charge in [0.1, 0.15) is 5.69 Å². The van der Waals surface area contributed by atoms with Crippen LogP contribution in [-0.4, -0.2) is 32.9 Å². The SMILES string of the molecule is Cc1cc(C#N)ccc1-c1c2n(c3cccnc13)CCN(C1CC1)C2=O. The molecular weight excluding hydrogens is 324 g/mol. The fourth-order valence-corrected chi connectivity index (χ4v) is 4.08. The van der Waals surface area contributed by atoms with Crippen LogP contribution in [0.2, 0.25) is 0 Å². The predicted molar refractivity (Wildman–Crippen MR) is 98.7 cm³/mol. The molecule has 1 fully saturated rings. The first-order chi connectivity index (χ1) is 12.7. The van der Waals surface area contributed by atoms with Crippen LogP contribution in [0.25, 0.3) is 22.2 Å². The van der Waals surface area contributed by atoms with Crippen molar-refractivity contribution in [3.05, 3.63) is 53.3 Å². The van der Waals surface area contributed by atoms with Crippen LogP contribution in [0.3, 0.4) is 0 Å². The van der Waals surface area contributed by atoms with Gasteiger partial charge in [-0.05, 0) is 55.2 Å². The van der Waals surface area contributed by atoms with Gasteiger partial charge in [0.2, 0.25) is 0 Å². The third kappa shape index (κ3) is 2.08. The molecule has 1 saturated carbocycles. The van der Waals surface area contributed by atoms with Gasteiger partial charge in [-0.1, -0.05) is 6.07 Å². The number of carbonyl (C=O) groups is 1. The number of fused-ring (bicyclic) bond motifs is 3. The Balaban J connectivity index is 1.80. The standard InChI is InChI=1S/C21H18N4O/c1-13-11-14(12-22)4-7-16(13)18-19-17(3-2-8-23-19)25-10-9-24(15-5-6-15)21(26)20(18)25/h2-4,7-8,11,15H,5-6,9-10H2,1H3. The van der Waals surface area contributed by atoms with Crippen molar-refractivity contribution in [3.63, 3.8) is 0 Å². The molecule has 5 rings (SSSR count). The smallest absolute Gasteiger partial charge is 0.271 e. The van der Waals surface area contributed by atoms with Gasteiger partial charge in [0.05, 0.1) is 22.7 Å². The topological polar surface area (TPSA) is 61.9 Å². The summed E-state index contributed by atoms with van der Waals surface area (Å²) in [7, 11) is 0. The normalized spacial score (nSPS) is 16.6. The lowest BCUT2D eigenvalue weighted by atomic mass is 9.97. The van der Waals surface area contributed by atoms with E-state index in [1.807, 2.05) is 42.2 Å². The van der Waals surface area contributed by atoms with Gasteiger partial charge in [-0.3, -0.25) is 9.78 Å². The molecule has 0 spiro atoms. The molecular formula is C21H18N4O. The van der Waals surface area contributed by atoms with E-state index in [0.29, 0.717) is 11.6 Å². The molecule has 0 unspecified atom stereocenters. The minimum Gasteiger partial charge on any atom is -0.333 e. The Morgan fingerprint density at radius 3 is 2.81 bits per heavy atom. The highest BCUT2D eigenvalue weighted by Crippen LogP contribution is 2.40. The number of benzene rings is 1. The van der Waals surface area contributed by atoms with Crippen LogP contribution in [0.5, 0.6) is 0 Å². The van der Waals surface area contributed by atoms with Crippen molar-refractivity contribution >= 4 is 16.9 Å². The zero-order valence-corrected chi connectivity index (χ0v) is 14.6. The first-order valence-electron chi connectivity index (χ1n) is 8.98. The van der Waals surface area contributed by atoms with Gasteiger partial charge in [0.25, 0.3) is 5.91 Å². The highest BCUT2D eigenvalue weighted by Gasteiger charge is 2.39. The van der Waals surface area contributed by atoms with Crippen LogP contribution in [0.15, 0.2) is 36.5 Å². The molecule has 0 saturated heterocycles. The molecule has 5 nitrogen and oxygen atoms in total. The molecule has 26 heavy (non-hydrogen) atoms. The molecule has 0 bridgehead atoms. The maximum absolute atomic E-state index is 13.3. The van der Waals surface area contributed by atoms with Crippen LogP contribution in [0, 0.1) is 18.3 Å². The Morgan fingerprint density at radius 1 is 1.23 bits per heavy atom. The number of pyridine rings is 1. The Hall–Kier alpha value is -3.13. The number of aromatic nitrogens is 2. The second kappa shape index (κ2) is 5.43. The molecule has 2 aromatic heterocycles. The molecule has 0 atom stereocenters. The van der Waals surface area contributed by atoms with Gasteiger partial charge in [-0.25, -0.2) is 0 Å². The molecule has 2 aliphatic rings. The minimum atomic E-state index is 0.107. The largest absolute Gasteiger partial charge is 0.333 e. The van der Waals surface area contributed by atoms with Gasteiger partial charge in [0.15, 0.2) is 0 Å². The average molecular weight is 342 g/mol. The van der Waals surface area contributed by atoms with E-state index in [9.17, 15) is 4.79 Å². The minimum absolute atomic E-state index is 0.107. The molecule has 0 radical (unpaired) electrons. The molecule has 3 aromatic rings. The fourth-order valence-electron chi connectivity index (χ4n) is 4.08. The quantitative estimate of drug-likeness (QED) is 0.716. The van der Waals surface area contributed by atoms with Gasteiger partial charge in [-0.15, -0.1) is 0 Å². The number of nitriles is 1. The van der Waals surface area contributed by atoms with E-state index in [-0.39, 0.29) is 5.91 Å². The van der Waals surface area contributed by atoms with Gasteiger partial charge in [0, 0.05) is 30.9 Å². The Kier molecular flexibility index (Phi) is 3.17. The second-order valence-electron chi connectivity index (χ2n) is 7.12. The Morgan fingerprint density at radius 2 is 2.08 bits per heavy atom. The van der Waals surface area contributed by atoms with E-state index in [4.69, 9.17) is 5.26 Å². The summed E-state index contributed by atoms with van der Waals surface area (Å²) in [5.41, 5.74) is 6.10. The highest BCUT2D eigenvalue weighted by molar-refractivity contribution is 6.10. The van der Waals surface area contributed by atoms with E-state index in [2.05, 4.69) is 15.6 Å². The van der Waals surface area contributed by atoms with E-state index >= 15 is 0 Å². The summed E-state index contributed by atoms with van der Waals surface area (Å²) in [6.07, 6.45) is 3.99. The van der Waals surface area contributed by atoms with E-state index in [1.165, 1.54) is 0 Å². The lowest BCUT2D eigenvalue weighted by Gasteiger charge is -2.29. The van der Waals surface area contributed by atoms with Crippen molar-refractivity contribution in [1.82, 2.24) is 14.5 Å². The van der Waals surface area contributed by atoms with Gasteiger partial charge in [-0.2, -0.15) is 5.26 Å². The van der Waals surface area contributed by atoms with Crippen molar-refractivity contribution in [2.45, 2.75) is 32.4 Å². The average Bonchev–Trinajstić information content (AvgIpc) is 3.44. The number of aryl methyl sites for hydroxylation is 1. The number of rotatable bonds is 2. The molecule has 1 aliphatic carbocycles. The van der Waals surface area contributed by atoms with E-state index in [1.54, 1.807) is 6.20 Å². The van der Waals surface area contributed by atoms with Crippen LogP contribution in [-0.2, 0) is 6.54 Å². The third-order valence-electron chi connectivity index (χ3n) is 5.46. The van der Waals surface area contributed by atoms with Crippen molar-refractivity contribution in [2.75, 3.05) is 6.54 Å². The summed E-state index contributed by atoms with van der Waals surface area (Å²) in [6, 6.07) is 12.2. The predicted octanol–water partition coefficient (Wildman–Crippen LogP) is 3.50. The first-order valence-corrected chi connectivity index (χ1v) is 8.98. The van der Waals surface area contributed by atoms with Crippen molar-refractivity contribution < 1.29 is 4.79 Å². The molecule has 0 N–H and O–H groups in total. The summed E-state index contributed by atoms with van der Waals surface area (Å²) in [4.78, 5) is 20.0. The van der Waals surface area contributed by atoms with Crippen LogP contribution in [0.4, 0.5) is 0 Å². The summed E-state index contributed by atoms with van der Waals surface area (Å²) < 4.78 is 2.12. The lowest BCUT2D eigenvalue weighted by Crippen LogP contribution is -2.41. The van der Waals surface area contributed by atoms with Gasteiger partial charge >= 0.3 is 0 Å².